The second-order valence-corrected chi connectivity index (χ2v) is 19.5. The fraction of sp³-hybridized carbons (Fsp3) is 0.644. The van der Waals surface area contributed by atoms with E-state index < -0.39 is 131 Å². The lowest BCUT2D eigenvalue weighted by molar-refractivity contribution is -0.143. The molecule has 0 radical (unpaired) electrons. The molecule has 1 saturated heterocycles. The number of aliphatic carboxylic acids is 7. The molecule has 8 bridgehead atoms. The first-order valence-electron chi connectivity index (χ1n) is 21.3. The van der Waals surface area contributed by atoms with Crippen molar-refractivity contribution in [3.05, 3.63) is 34.3 Å². The number of rotatable bonds is 18. The van der Waals surface area contributed by atoms with Gasteiger partial charge in [-0.3, -0.25) is 48.5 Å². The van der Waals surface area contributed by atoms with Crippen LogP contribution in [0.4, 0.5) is 0 Å². The molecule has 0 amide bonds. The Balaban J connectivity index is 2.03. The van der Waals surface area contributed by atoms with Crippen LogP contribution in [0.5, 0.6) is 0 Å². The highest BCUT2D eigenvalue weighted by molar-refractivity contribution is 6.10. The summed E-state index contributed by atoms with van der Waals surface area (Å²) in [7, 11) is 0. The second kappa shape index (κ2) is 17.1. The number of carboxylic acid groups (broad SMARTS) is 7. The minimum absolute atomic E-state index is 0.0202. The summed E-state index contributed by atoms with van der Waals surface area (Å²) in [5.74, 6) is -11.5. The van der Waals surface area contributed by atoms with Crippen LogP contribution in [-0.4, -0.2) is 106 Å². The van der Waals surface area contributed by atoms with Gasteiger partial charge in [0.2, 0.25) is 0 Å². The van der Waals surface area contributed by atoms with Gasteiger partial charge in [0.15, 0.2) is 0 Å². The number of carbonyl (C=O) groups is 7. The fourth-order valence-electron chi connectivity index (χ4n) is 11.8. The first-order chi connectivity index (χ1) is 29.0. The molecule has 9 unspecified atom stereocenters. The average molecular weight is 881 g/mol. The van der Waals surface area contributed by atoms with Crippen molar-refractivity contribution >= 4 is 58.9 Å². The van der Waals surface area contributed by atoms with Gasteiger partial charge in [-0.25, -0.2) is 0 Å². The maximum atomic E-state index is 13.1. The molecule has 63 heavy (non-hydrogen) atoms. The monoisotopic (exact) mass is 880 g/mol. The SMILES string of the molecule is CC1=C2N=C(C=C3NC(=C(C)C4=NC(C)(C5N=C1C(C)(CCC(=O)O)C5CC(=O)O)C(C)(CC(=O)O)C4CCC(=O)O)C(C)(CC(=O)O)C3CCC(=O)O)C(C)(C)C2CCC(=O)O. The maximum absolute atomic E-state index is 13.1. The molecule has 18 heteroatoms. The minimum atomic E-state index is -1.63. The largest absolute Gasteiger partial charge is 0.481 e. The predicted molar refractivity (Wildman–Crippen MR) is 227 cm³/mol. The lowest BCUT2D eigenvalue weighted by Gasteiger charge is -2.48. The molecule has 1 fully saturated rings. The van der Waals surface area contributed by atoms with Gasteiger partial charge in [-0.1, -0.05) is 34.6 Å². The summed E-state index contributed by atoms with van der Waals surface area (Å²) in [6, 6.07) is -1.15. The molecule has 0 aliphatic carbocycles. The highest BCUT2D eigenvalue weighted by Gasteiger charge is 2.66. The Kier molecular flexibility index (Phi) is 13.1. The Morgan fingerprint density at radius 2 is 1.16 bits per heavy atom. The first kappa shape index (κ1) is 48.4. The van der Waals surface area contributed by atoms with Gasteiger partial charge >= 0.3 is 41.8 Å². The number of aliphatic imine (C=N–C) groups is 3. The van der Waals surface area contributed by atoms with E-state index in [1.165, 1.54) is 0 Å². The molecule has 0 spiro atoms. The molecular formula is C45H60N4O14. The highest BCUT2D eigenvalue weighted by atomic mass is 16.4. The Hall–Kier alpha value is -5.68. The van der Waals surface area contributed by atoms with Crippen LogP contribution in [0.1, 0.15) is 126 Å². The van der Waals surface area contributed by atoms with E-state index in [1.54, 1.807) is 47.6 Å². The number of carboxylic acids is 7. The smallest absolute Gasteiger partial charge is 0.304 e. The van der Waals surface area contributed by atoms with E-state index in [4.69, 9.17) is 15.0 Å². The van der Waals surface area contributed by atoms with E-state index in [-0.39, 0.29) is 44.2 Å². The molecule has 8 N–H and O–H groups in total. The molecular weight excluding hydrogens is 821 g/mol. The Morgan fingerprint density at radius 1 is 0.635 bits per heavy atom. The zero-order valence-corrected chi connectivity index (χ0v) is 37.1. The van der Waals surface area contributed by atoms with Crippen molar-refractivity contribution in [2.24, 2.45) is 60.3 Å². The van der Waals surface area contributed by atoms with Gasteiger partial charge in [-0.05, 0) is 63.7 Å². The van der Waals surface area contributed by atoms with Crippen molar-refractivity contribution in [3.8, 4) is 0 Å². The zero-order chi connectivity index (χ0) is 47.4. The Labute approximate surface area is 365 Å². The average Bonchev–Trinajstić information content (AvgIpc) is 3.75. The van der Waals surface area contributed by atoms with Gasteiger partial charge in [-0.15, -0.1) is 0 Å². The van der Waals surface area contributed by atoms with Crippen molar-refractivity contribution < 1.29 is 69.3 Å². The predicted octanol–water partition coefficient (Wildman–Crippen LogP) is 5.92. The summed E-state index contributed by atoms with van der Waals surface area (Å²) < 4.78 is 0. The van der Waals surface area contributed by atoms with Gasteiger partial charge in [0, 0.05) is 105 Å². The van der Waals surface area contributed by atoms with Crippen molar-refractivity contribution in [1.82, 2.24) is 5.32 Å². The molecule has 5 aliphatic heterocycles. The van der Waals surface area contributed by atoms with E-state index in [1.807, 2.05) is 13.8 Å². The number of nitrogens with zero attached hydrogens (tertiary/aromatic N) is 3. The number of fused-ring (bicyclic) bond motifs is 6. The quantitative estimate of drug-likeness (QED) is 0.0792. The Morgan fingerprint density at radius 3 is 1.67 bits per heavy atom. The lowest BCUT2D eigenvalue weighted by atomic mass is 9.55. The van der Waals surface area contributed by atoms with Gasteiger partial charge in [0.1, 0.15) is 0 Å². The van der Waals surface area contributed by atoms with Crippen LogP contribution in [0, 0.1) is 45.3 Å². The molecule has 5 heterocycles. The summed E-state index contributed by atoms with van der Waals surface area (Å²) in [4.78, 5) is 104. The maximum Gasteiger partial charge on any atom is 0.304 e. The molecule has 0 aromatic carbocycles. The highest BCUT2D eigenvalue weighted by Crippen LogP contribution is 2.62. The third-order valence-corrected chi connectivity index (χ3v) is 15.3. The number of hydrogen-bond acceptors (Lipinski definition) is 11. The zero-order valence-electron chi connectivity index (χ0n) is 37.1. The molecule has 18 nitrogen and oxygen atoms in total. The number of hydrogen-bond donors (Lipinski definition) is 8. The van der Waals surface area contributed by atoms with Crippen LogP contribution >= 0.6 is 0 Å². The standard InChI is InChI=1S/C45H60N4O14/c1-21-36-24(10-13-30(52)53)41(3,4)28(47-36)18-27-23(9-12-29(50)51)43(6,19-34(60)61)39(46-27)22(2)37-25(11-14-31(54)55)44(7,20-35(62)63)45(8,49-37)40-26(17-33(58)59)42(5,38(21)48-40)16-15-32(56)57/h18,23-26,40,46H,9-17,19-20H2,1-8H3,(H,50,51)(H,52,53)(H,54,55)(H,56,57)(H,58,59)(H,60,61)(H,62,63). The van der Waals surface area contributed by atoms with E-state index in [0.717, 1.165) is 0 Å². The van der Waals surface area contributed by atoms with Crippen molar-refractivity contribution in [2.75, 3.05) is 0 Å². The van der Waals surface area contributed by atoms with Crippen molar-refractivity contribution in [2.45, 2.75) is 138 Å². The van der Waals surface area contributed by atoms with Crippen molar-refractivity contribution in [1.29, 1.82) is 0 Å². The summed E-state index contributed by atoms with van der Waals surface area (Å²) in [6.07, 6.45) is -1.45. The summed E-state index contributed by atoms with van der Waals surface area (Å²) in [5.41, 5.74) is -3.60. The molecule has 0 saturated carbocycles. The topological polar surface area (TPSA) is 310 Å². The summed E-state index contributed by atoms with van der Waals surface area (Å²) in [5, 5.41) is 75.1. The lowest BCUT2D eigenvalue weighted by Crippen LogP contribution is -2.55. The van der Waals surface area contributed by atoms with Gasteiger partial charge in [0.05, 0.1) is 30.8 Å². The van der Waals surface area contributed by atoms with E-state index >= 15 is 0 Å². The number of nitrogens with one attached hydrogen (secondary N) is 1. The molecule has 5 rings (SSSR count). The van der Waals surface area contributed by atoms with Crippen LogP contribution in [0.2, 0.25) is 0 Å². The van der Waals surface area contributed by atoms with E-state index in [2.05, 4.69) is 5.32 Å². The van der Waals surface area contributed by atoms with E-state index in [0.29, 0.717) is 39.7 Å². The van der Waals surface area contributed by atoms with Crippen molar-refractivity contribution in [3.63, 3.8) is 0 Å². The van der Waals surface area contributed by atoms with Crippen LogP contribution in [0.25, 0.3) is 0 Å². The third kappa shape index (κ3) is 8.56. The van der Waals surface area contributed by atoms with E-state index in [9.17, 15) is 69.3 Å². The fourth-order valence-corrected chi connectivity index (χ4v) is 11.8. The van der Waals surface area contributed by atoms with Crippen LogP contribution in [-0.2, 0) is 33.6 Å². The molecule has 344 valence electrons. The molecule has 0 aromatic rings. The first-order valence-corrected chi connectivity index (χ1v) is 21.3. The summed E-state index contributed by atoms with van der Waals surface area (Å²) >= 11 is 0. The third-order valence-electron chi connectivity index (χ3n) is 15.3. The molecule has 9 atom stereocenters. The number of allylic oxidation sites excluding steroid dienone is 6. The van der Waals surface area contributed by atoms with Crippen LogP contribution in [0.15, 0.2) is 49.3 Å². The second-order valence-electron chi connectivity index (χ2n) is 19.5. The summed E-state index contributed by atoms with van der Waals surface area (Å²) in [6.45, 7) is 13.9. The Bertz CT molecular complexity index is 2220. The van der Waals surface area contributed by atoms with Gasteiger partial charge < -0.3 is 41.1 Å². The van der Waals surface area contributed by atoms with Crippen LogP contribution in [0.3, 0.4) is 0 Å². The minimum Gasteiger partial charge on any atom is -0.481 e. The van der Waals surface area contributed by atoms with Gasteiger partial charge in [-0.2, -0.15) is 0 Å². The molecule has 0 aromatic heterocycles. The van der Waals surface area contributed by atoms with Gasteiger partial charge in [0.25, 0.3) is 0 Å². The molecule has 5 aliphatic rings. The van der Waals surface area contributed by atoms with Crippen LogP contribution < -0.4 is 5.32 Å². The normalized spacial score (nSPS) is 33.0.